The molecule has 1 aliphatic heterocycles. The molecule has 2 heterocycles. The van der Waals surface area contributed by atoms with Crippen molar-refractivity contribution in [2.45, 2.75) is 32.9 Å². The van der Waals surface area contributed by atoms with Crippen LogP contribution in [-0.4, -0.2) is 56.8 Å². The van der Waals surface area contributed by atoms with Crippen LogP contribution in [0.3, 0.4) is 0 Å². The Morgan fingerprint density at radius 3 is 2.70 bits per heavy atom. The molecular formula is C21H30N2O4. The zero-order chi connectivity index (χ0) is 19.2. The number of benzene rings is 1. The standard InChI is InChI=1S/C21H30N2O4/c1-15(2)12-16(23-8-10-26-11-9-23)13-22-21(24)20-18(14-25-3)17-6-4-5-7-19(17)27-20/h4-7,15-16H,8-14H2,1-3H3,(H,22,24). The summed E-state index contributed by atoms with van der Waals surface area (Å²) in [4.78, 5) is 15.3. The van der Waals surface area contributed by atoms with Crippen LogP contribution in [0.4, 0.5) is 0 Å². The first-order chi connectivity index (χ1) is 13.1. The molecule has 2 aromatic rings. The van der Waals surface area contributed by atoms with Gasteiger partial charge in [0, 0.05) is 43.7 Å². The first-order valence-corrected chi connectivity index (χ1v) is 9.69. The first-order valence-electron chi connectivity index (χ1n) is 9.69. The molecule has 148 valence electrons. The molecule has 1 aromatic carbocycles. The molecular weight excluding hydrogens is 344 g/mol. The third-order valence-electron chi connectivity index (χ3n) is 5.00. The van der Waals surface area contributed by atoms with Crippen LogP contribution >= 0.6 is 0 Å². The van der Waals surface area contributed by atoms with E-state index in [9.17, 15) is 4.79 Å². The Labute approximate surface area is 160 Å². The quantitative estimate of drug-likeness (QED) is 0.769. The van der Waals surface area contributed by atoms with Gasteiger partial charge in [-0.1, -0.05) is 32.0 Å². The summed E-state index contributed by atoms with van der Waals surface area (Å²) in [6.07, 6.45) is 1.03. The molecule has 1 atom stereocenters. The number of nitrogens with zero attached hydrogens (tertiary/aromatic N) is 1. The Morgan fingerprint density at radius 2 is 2.00 bits per heavy atom. The summed E-state index contributed by atoms with van der Waals surface area (Å²) in [5, 5.41) is 4.02. The van der Waals surface area contributed by atoms with Crippen molar-refractivity contribution in [3.63, 3.8) is 0 Å². The maximum atomic E-state index is 12.9. The van der Waals surface area contributed by atoms with Crippen LogP contribution in [0.25, 0.3) is 11.0 Å². The van der Waals surface area contributed by atoms with Crippen LogP contribution in [0.1, 0.15) is 36.4 Å². The van der Waals surface area contributed by atoms with E-state index in [1.807, 2.05) is 24.3 Å². The highest BCUT2D eigenvalue weighted by Gasteiger charge is 2.25. The van der Waals surface area contributed by atoms with Gasteiger partial charge in [-0.3, -0.25) is 9.69 Å². The van der Waals surface area contributed by atoms with E-state index < -0.39 is 0 Å². The lowest BCUT2D eigenvalue weighted by molar-refractivity contribution is 0.0124. The molecule has 1 unspecified atom stereocenters. The number of amides is 1. The second kappa shape index (κ2) is 9.35. The average Bonchev–Trinajstić information content (AvgIpc) is 3.04. The summed E-state index contributed by atoms with van der Waals surface area (Å²) in [7, 11) is 1.63. The molecule has 1 aromatic heterocycles. The van der Waals surface area contributed by atoms with Crippen molar-refractivity contribution in [2.24, 2.45) is 5.92 Å². The van der Waals surface area contributed by atoms with Crippen molar-refractivity contribution < 1.29 is 18.7 Å². The molecule has 3 rings (SSSR count). The third kappa shape index (κ3) is 4.89. The van der Waals surface area contributed by atoms with Crippen LogP contribution in [0.2, 0.25) is 0 Å². The molecule has 1 N–H and O–H groups in total. The summed E-state index contributed by atoms with van der Waals surface area (Å²) < 4.78 is 16.6. The number of morpholine rings is 1. The number of carbonyl (C=O) groups excluding carboxylic acids is 1. The lowest BCUT2D eigenvalue weighted by atomic mass is 10.0. The number of hydrogen-bond acceptors (Lipinski definition) is 5. The van der Waals surface area contributed by atoms with Crippen LogP contribution < -0.4 is 5.32 Å². The predicted octanol–water partition coefficient (Wildman–Crippen LogP) is 3.06. The number of hydrogen-bond donors (Lipinski definition) is 1. The largest absolute Gasteiger partial charge is 0.451 e. The van der Waals surface area contributed by atoms with E-state index in [2.05, 4.69) is 24.1 Å². The number of rotatable bonds is 8. The highest BCUT2D eigenvalue weighted by molar-refractivity contribution is 5.99. The number of fused-ring (bicyclic) bond motifs is 1. The van der Waals surface area contributed by atoms with Gasteiger partial charge in [-0.15, -0.1) is 0 Å². The van der Waals surface area contributed by atoms with Gasteiger partial charge in [0.2, 0.25) is 0 Å². The van der Waals surface area contributed by atoms with Gasteiger partial charge in [-0.2, -0.15) is 0 Å². The summed E-state index contributed by atoms with van der Waals surface area (Å²) in [5.41, 5.74) is 1.51. The van der Waals surface area contributed by atoms with Crippen molar-refractivity contribution in [3.05, 3.63) is 35.6 Å². The van der Waals surface area contributed by atoms with E-state index >= 15 is 0 Å². The normalized spacial score (nSPS) is 16.7. The van der Waals surface area contributed by atoms with Gasteiger partial charge in [0.05, 0.1) is 19.8 Å². The van der Waals surface area contributed by atoms with Gasteiger partial charge in [-0.05, 0) is 18.4 Å². The fourth-order valence-electron chi connectivity index (χ4n) is 3.71. The maximum Gasteiger partial charge on any atom is 0.287 e. The van der Waals surface area contributed by atoms with Crippen LogP contribution in [0, 0.1) is 5.92 Å². The highest BCUT2D eigenvalue weighted by Crippen LogP contribution is 2.26. The lowest BCUT2D eigenvalue weighted by Gasteiger charge is -2.35. The molecule has 6 heteroatoms. The van der Waals surface area contributed by atoms with E-state index in [-0.39, 0.29) is 5.91 Å². The maximum absolute atomic E-state index is 12.9. The minimum absolute atomic E-state index is 0.180. The van der Waals surface area contributed by atoms with Crippen molar-refractivity contribution in [3.8, 4) is 0 Å². The van der Waals surface area contributed by atoms with Gasteiger partial charge in [0.15, 0.2) is 5.76 Å². The van der Waals surface area contributed by atoms with Crippen LogP contribution in [-0.2, 0) is 16.1 Å². The van der Waals surface area contributed by atoms with E-state index in [1.54, 1.807) is 7.11 Å². The van der Waals surface area contributed by atoms with Crippen LogP contribution in [0.5, 0.6) is 0 Å². The topological polar surface area (TPSA) is 63.9 Å². The van der Waals surface area contributed by atoms with Crippen molar-refractivity contribution in [1.29, 1.82) is 0 Å². The molecule has 1 saturated heterocycles. The second-order valence-electron chi connectivity index (χ2n) is 7.48. The lowest BCUT2D eigenvalue weighted by Crippen LogP contribution is -2.49. The number of carbonyl (C=O) groups is 1. The fraction of sp³-hybridized carbons (Fsp3) is 0.571. The Morgan fingerprint density at radius 1 is 1.26 bits per heavy atom. The SMILES string of the molecule is COCc1c(C(=O)NCC(CC(C)C)N2CCOCC2)oc2ccccc12. The molecule has 1 fully saturated rings. The molecule has 0 bridgehead atoms. The zero-order valence-corrected chi connectivity index (χ0v) is 16.5. The van der Waals surface area contributed by atoms with Crippen molar-refractivity contribution in [1.82, 2.24) is 10.2 Å². The van der Waals surface area contributed by atoms with Crippen molar-refractivity contribution in [2.75, 3.05) is 40.0 Å². The summed E-state index contributed by atoms with van der Waals surface area (Å²) in [5.74, 6) is 0.730. The minimum Gasteiger partial charge on any atom is -0.451 e. The number of methoxy groups -OCH3 is 1. The van der Waals surface area contributed by atoms with E-state index in [1.165, 1.54) is 0 Å². The fourth-order valence-corrected chi connectivity index (χ4v) is 3.71. The molecule has 0 spiro atoms. The molecule has 6 nitrogen and oxygen atoms in total. The molecule has 27 heavy (non-hydrogen) atoms. The Bertz CT molecular complexity index is 750. The van der Waals surface area contributed by atoms with Gasteiger partial charge < -0.3 is 19.2 Å². The Hall–Kier alpha value is -1.89. The minimum atomic E-state index is -0.180. The number of furan rings is 1. The van der Waals surface area contributed by atoms with E-state index in [0.717, 1.165) is 43.7 Å². The van der Waals surface area contributed by atoms with Crippen LogP contribution in [0.15, 0.2) is 28.7 Å². The summed E-state index contributed by atoms with van der Waals surface area (Å²) >= 11 is 0. The smallest absolute Gasteiger partial charge is 0.287 e. The molecule has 0 radical (unpaired) electrons. The van der Waals surface area contributed by atoms with E-state index in [4.69, 9.17) is 13.9 Å². The third-order valence-corrected chi connectivity index (χ3v) is 5.00. The zero-order valence-electron chi connectivity index (χ0n) is 16.5. The molecule has 1 aliphatic rings. The van der Waals surface area contributed by atoms with Gasteiger partial charge >= 0.3 is 0 Å². The first kappa shape index (κ1) is 19.9. The monoisotopic (exact) mass is 374 g/mol. The van der Waals surface area contributed by atoms with Gasteiger partial charge in [0.25, 0.3) is 5.91 Å². The average molecular weight is 374 g/mol. The molecule has 0 aliphatic carbocycles. The molecule has 0 saturated carbocycles. The van der Waals surface area contributed by atoms with E-state index in [0.29, 0.717) is 36.5 Å². The number of ether oxygens (including phenoxy) is 2. The Balaban J connectivity index is 1.73. The number of nitrogens with one attached hydrogen (secondary N) is 1. The summed E-state index contributed by atoms with van der Waals surface area (Å²) in [6.45, 7) is 8.70. The molecule has 1 amide bonds. The Kier molecular flexibility index (Phi) is 6.88. The van der Waals surface area contributed by atoms with Crippen molar-refractivity contribution >= 4 is 16.9 Å². The predicted molar refractivity (Wildman–Crippen MR) is 105 cm³/mol. The van der Waals surface area contributed by atoms with Gasteiger partial charge in [0.1, 0.15) is 5.58 Å². The number of para-hydroxylation sites is 1. The van der Waals surface area contributed by atoms with Gasteiger partial charge in [-0.25, -0.2) is 0 Å². The summed E-state index contributed by atoms with van der Waals surface area (Å²) in [6, 6.07) is 7.98. The second-order valence-corrected chi connectivity index (χ2v) is 7.48. The highest BCUT2D eigenvalue weighted by atomic mass is 16.5.